The van der Waals surface area contributed by atoms with Crippen LogP contribution < -0.4 is 5.32 Å². The summed E-state index contributed by atoms with van der Waals surface area (Å²) in [4.78, 5) is 11.6. The Balaban J connectivity index is 2.61. The largest absolute Gasteiger partial charge is 0.351 e. The van der Waals surface area contributed by atoms with Crippen LogP contribution in [-0.2, 0) is 0 Å². The van der Waals surface area contributed by atoms with E-state index in [9.17, 15) is 4.79 Å². The predicted octanol–water partition coefficient (Wildman–Crippen LogP) is 1.45. The summed E-state index contributed by atoms with van der Waals surface area (Å²) >= 11 is 0. The van der Waals surface area contributed by atoms with Crippen LogP contribution in [0, 0.1) is 28.6 Å². The standard InChI is InChI=1S/C12H11N3O/c1-9(6-13)8-15-12(16)11-4-2-10(7-14)3-5-11/h2-5,9H,8H2,1H3,(H,15,16). The first kappa shape index (κ1) is 11.7. The zero-order valence-electron chi connectivity index (χ0n) is 8.90. The molecule has 1 amide bonds. The molecule has 0 aliphatic rings. The molecule has 0 bridgehead atoms. The van der Waals surface area contributed by atoms with Crippen molar-refractivity contribution in [3.05, 3.63) is 35.4 Å². The fourth-order valence-corrected chi connectivity index (χ4v) is 1.09. The van der Waals surface area contributed by atoms with Gasteiger partial charge in [-0.3, -0.25) is 4.79 Å². The molecular weight excluding hydrogens is 202 g/mol. The summed E-state index contributed by atoms with van der Waals surface area (Å²) < 4.78 is 0. The highest BCUT2D eigenvalue weighted by Gasteiger charge is 2.06. The molecule has 1 aromatic rings. The minimum atomic E-state index is -0.230. The van der Waals surface area contributed by atoms with E-state index in [0.717, 1.165) is 0 Å². The average Bonchev–Trinajstić information content (AvgIpc) is 2.35. The highest BCUT2D eigenvalue weighted by molar-refractivity contribution is 5.94. The Bertz CT molecular complexity index is 451. The normalized spacial score (nSPS) is 10.9. The fraction of sp³-hybridized carbons (Fsp3) is 0.250. The molecule has 0 fully saturated rings. The Labute approximate surface area is 94.1 Å². The van der Waals surface area contributed by atoms with Crippen LogP contribution in [0.3, 0.4) is 0 Å². The van der Waals surface area contributed by atoms with Crippen LogP contribution in [0.25, 0.3) is 0 Å². The lowest BCUT2D eigenvalue weighted by Gasteiger charge is -2.05. The Morgan fingerprint density at radius 2 is 2.00 bits per heavy atom. The lowest BCUT2D eigenvalue weighted by molar-refractivity contribution is 0.0951. The van der Waals surface area contributed by atoms with Crippen molar-refractivity contribution >= 4 is 5.91 Å². The maximum Gasteiger partial charge on any atom is 0.251 e. The molecule has 1 atom stereocenters. The van der Waals surface area contributed by atoms with E-state index < -0.39 is 0 Å². The summed E-state index contributed by atoms with van der Waals surface area (Å²) in [6, 6.07) is 10.4. The van der Waals surface area contributed by atoms with Gasteiger partial charge in [-0.25, -0.2) is 0 Å². The van der Waals surface area contributed by atoms with E-state index in [0.29, 0.717) is 17.7 Å². The van der Waals surface area contributed by atoms with Crippen LogP contribution in [0.2, 0.25) is 0 Å². The number of rotatable bonds is 3. The lowest BCUT2D eigenvalue weighted by atomic mass is 10.1. The number of hydrogen-bond donors (Lipinski definition) is 1. The highest BCUT2D eigenvalue weighted by Crippen LogP contribution is 2.03. The van der Waals surface area contributed by atoms with E-state index >= 15 is 0 Å². The maximum atomic E-state index is 11.6. The number of benzene rings is 1. The molecule has 16 heavy (non-hydrogen) atoms. The Kier molecular flexibility index (Phi) is 4.06. The van der Waals surface area contributed by atoms with E-state index in [4.69, 9.17) is 10.5 Å². The number of amides is 1. The smallest absolute Gasteiger partial charge is 0.251 e. The number of nitrogens with one attached hydrogen (secondary N) is 1. The van der Waals surface area contributed by atoms with Gasteiger partial charge in [-0.15, -0.1) is 0 Å². The summed E-state index contributed by atoms with van der Waals surface area (Å²) in [5, 5.41) is 19.8. The topological polar surface area (TPSA) is 76.7 Å². The van der Waals surface area contributed by atoms with Crippen LogP contribution in [0.4, 0.5) is 0 Å². The quantitative estimate of drug-likeness (QED) is 0.825. The molecule has 4 nitrogen and oxygen atoms in total. The molecule has 1 aromatic carbocycles. The Hall–Kier alpha value is -2.33. The van der Waals surface area contributed by atoms with Crippen molar-refractivity contribution in [3.8, 4) is 12.1 Å². The zero-order chi connectivity index (χ0) is 12.0. The second-order valence-corrected chi connectivity index (χ2v) is 3.43. The van der Waals surface area contributed by atoms with Gasteiger partial charge < -0.3 is 5.32 Å². The van der Waals surface area contributed by atoms with Gasteiger partial charge >= 0.3 is 0 Å². The van der Waals surface area contributed by atoms with Crippen molar-refractivity contribution in [2.24, 2.45) is 5.92 Å². The molecule has 1 unspecified atom stereocenters. The molecule has 1 rings (SSSR count). The van der Waals surface area contributed by atoms with E-state index in [-0.39, 0.29) is 11.8 Å². The molecule has 0 spiro atoms. The van der Waals surface area contributed by atoms with Gasteiger partial charge in [0.2, 0.25) is 0 Å². The molecule has 0 saturated carbocycles. The summed E-state index contributed by atoms with van der Waals surface area (Å²) in [5.74, 6) is -0.436. The maximum absolute atomic E-state index is 11.6. The third kappa shape index (κ3) is 3.11. The summed E-state index contributed by atoms with van der Waals surface area (Å²) in [5.41, 5.74) is 1.01. The second kappa shape index (κ2) is 5.53. The van der Waals surface area contributed by atoms with Crippen molar-refractivity contribution in [1.82, 2.24) is 5.32 Å². The molecule has 0 saturated heterocycles. The first-order chi connectivity index (χ1) is 7.67. The van der Waals surface area contributed by atoms with Gasteiger partial charge in [0, 0.05) is 12.1 Å². The molecule has 0 radical (unpaired) electrons. The van der Waals surface area contributed by atoms with Gasteiger partial charge in [0.25, 0.3) is 5.91 Å². The van der Waals surface area contributed by atoms with Crippen LogP contribution in [-0.4, -0.2) is 12.5 Å². The van der Waals surface area contributed by atoms with Gasteiger partial charge in [-0.1, -0.05) is 0 Å². The number of carbonyl (C=O) groups is 1. The summed E-state index contributed by atoms with van der Waals surface area (Å²) in [6.45, 7) is 2.06. The van der Waals surface area contributed by atoms with Crippen LogP contribution in [0.15, 0.2) is 24.3 Å². The van der Waals surface area contributed by atoms with Gasteiger partial charge in [0.1, 0.15) is 0 Å². The average molecular weight is 213 g/mol. The molecule has 0 aliphatic heterocycles. The minimum Gasteiger partial charge on any atom is -0.351 e. The Morgan fingerprint density at radius 1 is 1.38 bits per heavy atom. The molecule has 0 heterocycles. The third-order valence-corrected chi connectivity index (χ3v) is 2.07. The van der Waals surface area contributed by atoms with E-state index in [1.165, 1.54) is 0 Å². The summed E-state index contributed by atoms with van der Waals surface area (Å²) in [6.07, 6.45) is 0. The molecule has 1 N–H and O–H groups in total. The number of nitrogens with zero attached hydrogens (tertiary/aromatic N) is 2. The van der Waals surface area contributed by atoms with E-state index in [1.807, 2.05) is 12.1 Å². The molecule has 4 heteroatoms. The van der Waals surface area contributed by atoms with Crippen LogP contribution in [0.1, 0.15) is 22.8 Å². The monoisotopic (exact) mass is 213 g/mol. The van der Waals surface area contributed by atoms with Crippen molar-refractivity contribution in [2.75, 3.05) is 6.54 Å². The van der Waals surface area contributed by atoms with E-state index in [1.54, 1.807) is 31.2 Å². The van der Waals surface area contributed by atoms with Gasteiger partial charge in [0.05, 0.1) is 23.6 Å². The number of nitriles is 2. The third-order valence-electron chi connectivity index (χ3n) is 2.07. The van der Waals surface area contributed by atoms with Crippen molar-refractivity contribution in [3.63, 3.8) is 0 Å². The van der Waals surface area contributed by atoms with Crippen LogP contribution in [0.5, 0.6) is 0 Å². The second-order valence-electron chi connectivity index (χ2n) is 3.43. The number of carbonyl (C=O) groups excluding carboxylic acids is 1. The zero-order valence-corrected chi connectivity index (χ0v) is 8.90. The van der Waals surface area contributed by atoms with Crippen molar-refractivity contribution < 1.29 is 4.79 Å². The first-order valence-corrected chi connectivity index (χ1v) is 4.85. The fourth-order valence-electron chi connectivity index (χ4n) is 1.09. The van der Waals surface area contributed by atoms with Gasteiger partial charge in [0.15, 0.2) is 0 Å². The molecule has 80 valence electrons. The van der Waals surface area contributed by atoms with Crippen molar-refractivity contribution in [2.45, 2.75) is 6.92 Å². The van der Waals surface area contributed by atoms with Gasteiger partial charge in [-0.2, -0.15) is 10.5 Å². The lowest BCUT2D eigenvalue weighted by Crippen LogP contribution is -2.27. The van der Waals surface area contributed by atoms with Crippen molar-refractivity contribution in [1.29, 1.82) is 10.5 Å². The Morgan fingerprint density at radius 3 is 2.50 bits per heavy atom. The highest BCUT2D eigenvalue weighted by atomic mass is 16.1. The number of hydrogen-bond acceptors (Lipinski definition) is 3. The van der Waals surface area contributed by atoms with Gasteiger partial charge in [-0.05, 0) is 31.2 Å². The van der Waals surface area contributed by atoms with Crippen LogP contribution >= 0.6 is 0 Å². The summed E-state index contributed by atoms with van der Waals surface area (Å²) in [7, 11) is 0. The minimum absolute atomic E-state index is 0.206. The molecule has 0 aromatic heterocycles. The predicted molar refractivity (Wildman–Crippen MR) is 58.3 cm³/mol. The first-order valence-electron chi connectivity index (χ1n) is 4.85. The molecular formula is C12H11N3O. The molecule has 0 aliphatic carbocycles. The van der Waals surface area contributed by atoms with E-state index in [2.05, 4.69) is 5.32 Å². The SMILES string of the molecule is CC(C#N)CNC(=O)c1ccc(C#N)cc1.